The Bertz CT molecular complexity index is 923. The molecule has 0 spiro atoms. The first-order chi connectivity index (χ1) is 13.2. The third-order valence-corrected chi connectivity index (χ3v) is 4.60. The van der Waals surface area contributed by atoms with Crippen LogP contribution in [0.5, 0.6) is 0 Å². The molecule has 0 saturated heterocycles. The largest absolute Gasteiger partial charge is 0.416 e. The molecule has 0 aliphatic rings. The van der Waals surface area contributed by atoms with E-state index in [0.29, 0.717) is 16.7 Å². The highest BCUT2D eigenvalue weighted by Gasteiger charge is 2.39. The molecule has 2 aromatic rings. The molecule has 28 heavy (non-hydrogen) atoms. The summed E-state index contributed by atoms with van der Waals surface area (Å²) in [7, 11) is 0. The lowest BCUT2D eigenvalue weighted by molar-refractivity contribution is -0.137. The van der Waals surface area contributed by atoms with E-state index >= 15 is 0 Å². The summed E-state index contributed by atoms with van der Waals surface area (Å²) in [6, 6.07) is 5.21. The Labute approximate surface area is 170 Å². The molecular formula is C20H15ClF4N2S. The average molecular weight is 427 g/mol. The zero-order chi connectivity index (χ0) is 20.9. The summed E-state index contributed by atoms with van der Waals surface area (Å²) >= 11 is 10.8. The van der Waals surface area contributed by atoms with Crippen LogP contribution in [0.1, 0.15) is 23.2 Å². The molecule has 0 bridgehead atoms. The monoisotopic (exact) mass is 426 g/mol. The van der Waals surface area contributed by atoms with Gasteiger partial charge in [-0.3, -0.25) is 4.98 Å². The van der Waals surface area contributed by atoms with Crippen LogP contribution in [0.4, 0.5) is 17.6 Å². The highest BCUT2D eigenvalue weighted by molar-refractivity contribution is 7.47. The van der Waals surface area contributed by atoms with E-state index in [1.807, 2.05) is 0 Å². The number of aromatic nitrogens is 1. The van der Waals surface area contributed by atoms with Gasteiger partial charge in [-0.25, -0.2) is 8.75 Å². The van der Waals surface area contributed by atoms with Crippen molar-refractivity contribution in [2.75, 3.05) is 0 Å². The fourth-order valence-corrected chi connectivity index (χ4v) is 3.11. The van der Waals surface area contributed by atoms with Crippen molar-refractivity contribution < 1.29 is 17.6 Å². The van der Waals surface area contributed by atoms with Gasteiger partial charge in [-0.2, -0.15) is 13.2 Å². The van der Waals surface area contributed by atoms with Gasteiger partial charge >= 0.3 is 6.18 Å². The fourth-order valence-electron chi connectivity index (χ4n) is 2.73. The molecule has 0 aliphatic heterocycles. The third-order valence-electron chi connectivity index (χ3n) is 4.06. The van der Waals surface area contributed by atoms with Crippen LogP contribution >= 0.6 is 11.6 Å². The van der Waals surface area contributed by atoms with E-state index in [9.17, 15) is 17.6 Å². The predicted octanol–water partition coefficient (Wildman–Crippen LogP) is 6.56. The van der Waals surface area contributed by atoms with Crippen molar-refractivity contribution in [3.8, 4) is 0 Å². The maximum Gasteiger partial charge on any atom is 0.416 e. The number of alkyl halides is 3. The number of allylic oxidation sites excluding steroid dienone is 3. The molecule has 1 aromatic heterocycles. The summed E-state index contributed by atoms with van der Waals surface area (Å²) in [6.45, 7) is 7.29. The van der Waals surface area contributed by atoms with Gasteiger partial charge in [0.2, 0.25) is 0 Å². The van der Waals surface area contributed by atoms with Gasteiger partial charge in [-0.15, -0.1) is 0 Å². The summed E-state index contributed by atoms with van der Waals surface area (Å²) in [5.74, 6) is -1.06. The van der Waals surface area contributed by atoms with Crippen LogP contribution in [0.2, 0.25) is 5.02 Å². The van der Waals surface area contributed by atoms with E-state index in [2.05, 4.69) is 22.5 Å². The summed E-state index contributed by atoms with van der Waals surface area (Å²) < 4.78 is 57.8. The molecule has 2 nitrogen and oxygen atoms in total. The number of hydrogen-bond acceptors (Lipinski definition) is 3. The van der Waals surface area contributed by atoms with Crippen molar-refractivity contribution in [3.63, 3.8) is 0 Å². The zero-order valence-corrected chi connectivity index (χ0v) is 16.1. The van der Waals surface area contributed by atoms with Gasteiger partial charge in [0, 0.05) is 25.0 Å². The molecule has 1 unspecified atom stereocenters. The van der Waals surface area contributed by atoms with Crippen LogP contribution in [0.3, 0.4) is 0 Å². The van der Waals surface area contributed by atoms with Gasteiger partial charge in [0.25, 0.3) is 0 Å². The minimum atomic E-state index is -4.74. The highest BCUT2D eigenvalue weighted by atomic mass is 35.5. The third kappa shape index (κ3) is 4.72. The lowest BCUT2D eigenvalue weighted by atomic mass is 9.80. The van der Waals surface area contributed by atoms with Crippen molar-refractivity contribution in [1.82, 2.24) is 4.98 Å². The second-order valence-corrected chi connectivity index (χ2v) is 6.52. The SMILES string of the molecule is C=C/C=C(\C=C)CC(N=S)(c1cc(F)cc(C(F)(F)F)c1)c1ccc(Cl)cn1. The number of halogens is 5. The standard InChI is InChI=1S/C20H15ClF4N2S/c1-3-5-13(4-2)11-19(27-28,18-7-6-16(21)12-26-18)14-8-15(20(23,24)25)10-17(22)9-14/h3-10,12H,1-2,11H2/b13-5+. The van der Waals surface area contributed by atoms with Crippen molar-refractivity contribution in [2.45, 2.75) is 18.1 Å². The first kappa shape index (κ1) is 21.9. The average Bonchev–Trinajstić information content (AvgIpc) is 2.65. The lowest BCUT2D eigenvalue weighted by Crippen LogP contribution is -2.28. The summed E-state index contributed by atoms with van der Waals surface area (Å²) in [5, 5.41) is 0.322. The predicted molar refractivity (Wildman–Crippen MR) is 104 cm³/mol. The number of benzene rings is 1. The van der Waals surface area contributed by atoms with E-state index in [1.54, 1.807) is 6.08 Å². The van der Waals surface area contributed by atoms with Crippen molar-refractivity contribution in [2.24, 2.45) is 4.36 Å². The Hall–Kier alpha value is -2.38. The smallest absolute Gasteiger partial charge is 0.257 e. The van der Waals surface area contributed by atoms with Crippen molar-refractivity contribution in [3.05, 3.63) is 101 Å². The van der Waals surface area contributed by atoms with E-state index < -0.39 is 23.1 Å². The van der Waals surface area contributed by atoms with Gasteiger partial charge < -0.3 is 0 Å². The first-order valence-corrected chi connectivity index (χ1v) is 8.69. The molecule has 0 saturated carbocycles. The van der Waals surface area contributed by atoms with E-state index in [1.165, 1.54) is 30.5 Å². The molecule has 8 heteroatoms. The molecule has 0 amide bonds. The first-order valence-electron chi connectivity index (χ1n) is 7.95. The van der Waals surface area contributed by atoms with Crippen LogP contribution in [-0.4, -0.2) is 4.98 Å². The van der Waals surface area contributed by atoms with Crippen LogP contribution < -0.4 is 0 Å². The maximum absolute atomic E-state index is 14.1. The van der Waals surface area contributed by atoms with Crippen LogP contribution in [0, 0.1) is 5.82 Å². The second-order valence-electron chi connectivity index (χ2n) is 5.90. The molecule has 0 aliphatic carbocycles. The van der Waals surface area contributed by atoms with Crippen molar-refractivity contribution in [1.29, 1.82) is 0 Å². The Balaban J connectivity index is 2.81. The van der Waals surface area contributed by atoms with Gasteiger partial charge in [0.05, 0.1) is 16.3 Å². The summed E-state index contributed by atoms with van der Waals surface area (Å²) in [4.78, 5) is 4.18. The number of nitrogens with zero attached hydrogens (tertiary/aromatic N) is 2. The number of rotatable bonds is 7. The Morgan fingerprint density at radius 3 is 2.36 bits per heavy atom. The fraction of sp³-hybridized carbons (Fsp3) is 0.150. The Kier molecular flexibility index (Phi) is 6.85. The molecule has 146 valence electrons. The normalized spacial score (nSPS) is 14.2. The lowest BCUT2D eigenvalue weighted by Gasteiger charge is -2.30. The van der Waals surface area contributed by atoms with Crippen LogP contribution in [0.15, 0.2) is 77.9 Å². The summed E-state index contributed by atoms with van der Waals surface area (Å²) in [6.07, 6.45) is 1.18. The highest BCUT2D eigenvalue weighted by Crippen LogP contribution is 2.41. The molecule has 0 fully saturated rings. The molecule has 0 N–H and O–H groups in total. The minimum absolute atomic E-state index is 0.00139. The Morgan fingerprint density at radius 1 is 1.18 bits per heavy atom. The minimum Gasteiger partial charge on any atom is -0.257 e. The number of hydrogen-bond donors (Lipinski definition) is 0. The molecule has 1 atom stereocenters. The van der Waals surface area contributed by atoms with Gasteiger partial charge in [-0.1, -0.05) is 43.0 Å². The van der Waals surface area contributed by atoms with E-state index in [4.69, 9.17) is 24.0 Å². The number of pyridine rings is 1. The topological polar surface area (TPSA) is 25.2 Å². The molecule has 1 aromatic carbocycles. The van der Waals surface area contributed by atoms with Crippen LogP contribution in [0.25, 0.3) is 0 Å². The van der Waals surface area contributed by atoms with Gasteiger partial charge in [0.15, 0.2) is 0 Å². The molecule has 1 heterocycles. The maximum atomic E-state index is 14.1. The quantitative estimate of drug-likeness (QED) is 0.370. The molecule has 2 rings (SSSR count). The summed E-state index contributed by atoms with van der Waals surface area (Å²) in [5.41, 5.74) is -1.99. The van der Waals surface area contributed by atoms with Crippen LogP contribution in [-0.2, 0) is 24.1 Å². The van der Waals surface area contributed by atoms with Gasteiger partial charge in [0.1, 0.15) is 11.4 Å². The van der Waals surface area contributed by atoms with Gasteiger partial charge in [-0.05, 0) is 41.5 Å². The molecular weight excluding hydrogens is 412 g/mol. The van der Waals surface area contributed by atoms with Crippen molar-refractivity contribution >= 4 is 24.0 Å². The molecule has 0 radical (unpaired) electrons. The second kappa shape index (κ2) is 8.75. The zero-order valence-electron chi connectivity index (χ0n) is 14.5. The van der Waals surface area contributed by atoms with E-state index in [-0.39, 0.29) is 17.7 Å². The Morgan fingerprint density at radius 2 is 1.86 bits per heavy atom. The van der Waals surface area contributed by atoms with E-state index in [0.717, 1.165) is 12.1 Å².